The van der Waals surface area contributed by atoms with Gasteiger partial charge < -0.3 is 16.4 Å². The average molecular weight is 301 g/mol. The van der Waals surface area contributed by atoms with E-state index < -0.39 is 11.9 Å². The number of primary amides is 1. The molecule has 1 aromatic heterocycles. The minimum atomic E-state index is -0.538. The first kappa shape index (κ1) is 13.8. The highest BCUT2D eigenvalue weighted by atomic mass is 32.1. The Morgan fingerprint density at radius 3 is 2.90 bits per heavy atom. The van der Waals surface area contributed by atoms with Crippen molar-refractivity contribution in [1.82, 2.24) is 5.32 Å². The largest absolute Gasteiger partial charge is 0.366 e. The summed E-state index contributed by atoms with van der Waals surface area (Å²) in [6, 6.07) is 9.10. The third kappa shape index (κ3) is 2.68. The maximum atomic E-state index is 12.5. The van der Waals surface area contributed by atoms with Crippen molar-refractivity contribution < 1.29 is 9.59 Å². The highest BCUT2D eigenvalue weighted by Crippen LogP contribution is 2.27. The van der Waals surface area contributed by atoms with E-state index >= 15 is 0 Å². The van der Waals surface area contributed by atoms with Crippen molar-refractivity contribution in [3.63, 3.8) is 0 Å². The van der Waals surface area contributed by atoms with Gasteiger partial charge in [0, 0.05) is 6.54 Å². The Morgan fingerprint density at radius 2 is 2.10 bits per heavy atom. The van der Waals surface area contributed by atoms with Gasteiger partial charge in [-0.3, -0.25) is 9.59 Å². The molecule has 0 spiro atoms. The van der Waals surface area contributed by atoms with E-state index in [-0.39, 0.29) is 5.91 Å². The second kappa shape index (κ2) is 5.67. The number of anilines is 1. The highest BCUT2D eigenvalue weighted by molar-refractivity contribution is 7.14. The monoisotopic (exact) mass is 301 g/mol. The fourth-order valence-corrected chi connectivity index (χ4v) is 3.32. The van der Waals surface area contributed by atoms with Crippen LogP contribution in [0.15, 0.2) is 35.7 Å². The van der Waals surface area contributed by atoms with Crippen molar-refractivity contribution in [3.8, 4) is 0 Å². The Balaban J connectivity index is 1.84. The van der Waals surface area contributed by atoms with Crippen molar-refractivity contribution >= 4 is 28.2 Å². The smallest absolute Gasteiger partial charge is 0.251 e. The number of benzene rings is 1. The van der Waals surface area contributed by atoms with Gasteiger partial charge in [-0.25, -0.2) is 0 Å². The number of fused-ring (bicyclic) bond motifs is 1. The number of amides is 2. The first-order valence-corrected chi connectivity index (χ1v) is 7.54. The molecule has 0 saturated carbocycles. The van der Waals surface area contributed by atoms with Gasteiger partial charge in [0.1, 0.15) is 11.0 Å². The summed E-state index contributed by atoms with van der Waals surface area (Å²) in [5.41, 5.74) is 7.80. The lowest BCUT2D eigenvalue weighted by Gasteiger charge is -2.25. The SMILES string of the molecule is NC(=O)c1ccsc1NC(=O)C1NCCc2ccccc21. The Morgan fingerprint density at radius 1 is 1.29 bits per heavy atom. The van der Waals surface area contributed by atoms with E-state index in [2.05, 4.69) is 10.6 Å². The van der Waals surface area contributed by atoms with E-state index in [4.69, 9.17) is 5.73 Å². The maximum Gasteiger partial charge on any atom is 0.251 e. The molecule has 5 nitrogen and oxygen atoms in total. The van der Waals surface area contributed by atoms with Gasteiger partial charge in [0.15, 0.2) is 0 Å². The van der Waals surface area contributed by atoms with Crippen LogP contribution >= 0.6 is 11.3 Å². The van der Waals surface area contributed by atoms with E-state index in [0.717, 1.165) is 18.5 Å². The summed E-state index contributed by atoms with van der Waals surface area (Å²) in [6.07, 6.45) is 0.908. The lowest BCUT2D eigenvalue weighted by Crippen LogP contribution is -2.38. The summed E-state index contributed by atoms with van der Waals surface area (Å²) in [5, 5.41) is 8.24. The van der Waals surface area contributed by atoms with Crippen LogP contribution < -0.4 is 16.4 Å². The van der Waals surface area contributed by atoms with Gasteiger partial charge in [-0.15, -0.1) is 11.3 Å². The normalized spacial score (nSPS) is 17.0. The molecule has 2 amide bonds. The van der Waals surface area contributed by atoms with Crippen LogP contribution in [0.3, 0.4) is 0 Å². The second-order valence-electron chi connectivity index (χ2n) is 4.85. The molecule has 1 aliphatic heterocycles. The Labute approximate surface area is 126 Å². The number of carbonyl (C=O) groups is 2. The number of rotatable bonds is 3. The Kier molecular flexibility index (Phi) is 3.72. The molecular formula is C15H15N3O2S. The van der Waals surface area contributed by atoms with Crippen LogP contribution in [0, 0.1) is 0 Å². The van der Waals surface area contributed by atoms with Crippen molar-refractivity contribution in [3.05, 3.63) is 52.4 Å². The molecule has 0 radical (unpaired) electrons. The van der Waals surface area contributed by atoms with Crippen molar-refractivity contribution in [1.29, 1.82) is 0 Å². The molecule has 3 rings (SSSR count). The molecule has 1 unspecified atom stereocenters. The zero-order chi connectivity index (χ0) is 14.8. The second-order valence-corrected chi connectivity index (χ2v) is 5.77. The van der Waals surface area contributed by atoms with Crippen molar-refractivity contribution in [2.45, 2.75) is 12.5 Å². The van der Waals surface area contributed by atoms with Crippen LogP contribution in [0.1, 0.15) is 27.5 Å². The van der Waals surface area contributed by atoms with Gasteiger partial charge in [0.05, 0.1) is 5.56 Å². The van der Waals surface area contributed by atoms with Gasteiger partial charge in [0.2, 0.25) is 5.91 Å². The minimum Gasteiger partial charge on any atom is -0.366 e. The topological polar surface area (TPSA) is 84.2 Å². The molecular weight excluding hydrogens is 286 g/mol. The summed E-state index contributed by atoms with van der Waals surface area (Å²) in [4.78, 5) is 23.8. The van der Waals surface area contributed by atoms with Crippen LogP contribution in [-0.2, 0) is 11.2 Å². The van der Waals surface area contributed by atoms with Crippen LogP contribution in [0.25, 0.3) is 0 Å². The first-order chi connectivity index (χ1) is 10.2. The van der Waals surface area contributed by atoms with Crippen LogP contribution in [0.2, 0.25) is 0 Å². The zero-order valence-corrected chi connectivity index (χ0v) is 12.1. The Bertz CT molecular complexity index is 696. The molecule has 0 fully saturated rings. The molecule has 21 heavy (non-hydrogen) atoms. The van der Waals surface area contributed by atoms with E-state index in [9.17, 15) is 9.59 Å². The zero-order valence-electron chi connectivity index (χ0n) is 11.3. The molecule has 0 saturated heterocycles. The first-order valence-electron chi connectivity index (χ1n) is 6.66. The van der Waals surface area contributed by atoms with Crippen LogP contribution in [0.5, 0.6) is 0 Å². The fourth-order valence-electron chi connectivity index (χ4n) is 2.52. The number of hydrogen-bond acceptors (Lipinski definition) is 4. The molecule has 108 valence electrons. The molecule has 6 heteroatoms. The summed E-state index contributed by atoms with van der Waals surface area (Å²) in [7, 11) is 0. The Hall–Kier alpha value is -2.18. The number of nitrogens with one attached hydrogen (secondary N) is 2. The third-order valence-corrected chi connectivity index (χ3v) is 4.37. The van der Waals surface area contributed by atoms with E-state index in [1.165, 1.54) is 16.9 Å². The minimum absolute atomic E-state index is 0.174. The van der Waals surface area contributed by atoms with Crippen LogP contribution in [0.4, 0.5) is 5.00 Å². The van der Waals surface area contributed by atoms with Crippen molar-refractivity contribution in [2.24, 2.45) is 5.73 Å². The molecule has 1 atom stereocenters. The highest BCUT2D eigenvalue weighted by Gasteiger charge is 2.26. The van der Waals surface area contributed by atoms with Crippen LogP contribution in [-0.4, -0.2) is 18.4 Å². The summed E-state index contributed by atoms with van der Waals surface area (Å²) in [6.45, 7) is 0.752. The summed E-state index contributed by atoms with van der Waals surface area (Å²) >= 11 is 1.29. The lowest BCUT2D eigenvalue weighted by molar-refractivity contribution is -0.118. The number of hydrogen-bond donors (Lipinski definition) is 3. The van der Waals surface area contributed by atoms with Gasteiger partial charge in [0.25, 0.3) is 5.91 Å². The van der Waals surface area contributed by atoms with Gasteiger partial charge in [-0.2, -0.15) is 0 Å². The van der Waals surface area contributed by atoms with Gasteiger partial charge in [-0.05, 0) is 29.0 Å². The molecule has 1 aliphatic rings. The lowest BCUT2D eigenvalue weighted by atomic mass is 9.94. The van der Waals surface area contributed by atoms with E-state index in [1.54, 1.807) is 11.4 Å². The molecule has 0 bridgehead atoms. The molecule has 2 heterocycles. The number of carbonyl (C=O) groups excluding carboxylic acids is 2. The summed E-state index contributed by atoms with van der Waals surface area (Å²) in [5.74, 6) is -0.712. The predicted molar refractivity (Wildman–Crippen MR) is 82.4 cm³/mol. The maximum absolute atomic E-state index is 12.5. The summed E-state index contributed by atoms with van der Waals surface area (Å²) < 4.78 is 0. The van der Waals surface area contributed by atoms with Crippen molar-refractivity contribution in [2.75, 3.05) is 11.9 Å². The number of thiophene rings is 1. The molecule has 0 aliphatic carbocycles. The van der Waals surface area contributed by atoms with E-state index in [0.29, 0.717) is 10.6 Å². The quantitative estimate of drug-likeness (QED) is 0.806. The third-order valence-electron chi connectivity index (χ3n) is 3.54. The number of nitrogens with two attached hydrogens (primary N) is 1. The average Bonchev–Trinajstić information content (AvgIpc) is 2.95. The standard InChI is InChI=1S/C15H15N3O2S/c16-13(19)11-6-8-21-15(11)18-14(20)12-10-4-2-1-3-9(10)5-7-17-12/h1-4,6,8,12,17H,5,7H2,(H2,16,19)(H,18,20). The predicted octanol–water partition coefficient (Wildman–Crippen LogP) is 1.67. The van der Waals surface area contributed by atoms with Gasteiger partial charge in [-0.1, -0.05) is 24.3 Å². The fraction of sp³-hybridized carbons (Fsp3) is 0.200. The molecule has 2 aromatic rings. The van der Waals surface area contributed by atoms with E-state index in [1.807, 2.05) is 24.3 Å². The molecule has 4 N–H and O–H groups in total. The molecule has 1 aromatic carbocycles. The van der Waals surface area contributed by atoms with Gasteiger partial charge >= 0.3 is 0 Å².